The van der Waals surface area contributed by atoms with E-state index in [9.17, 15) is 22.6 Å². The Hall–Kier alpha value is -0.294. The van der Waals surface area contributed by atoms with E-state index >= 15 is 0 Å². The second kappa shape index (κ2) is 11.4. The molecule has 1 aromatic carbocycles. The summed E-state index contributed by atoms with van der Waals surface area (Å²) >= 11 is 0. The first-order valence-corrected chi connectivity index (χ1v) is 11.3. The molecule has 0 unspecified atom stereocenters. The van der Waals surface area contributed by atoms with Crippen molar-refractivity contribution in [2.45, 2.75) is 81.3 Å². The maximum atomic E-state index is 12.5. The van der Waals surface area contributed by atoms with E-state index in [0.717, 1.165) is 70.3 Å². The third kappa shape index (κ3) is 7.12. The Labute approximate surface area is 214 Å². The molecule has 0 radical (unpaired) electrons. The molecular weight excluding hydrogens is 423 g/mol. The van der Waals surface area contributed by atoms with E-state index in [1.165, 1.54) is 12.1 Å². The topological polar surface area (TPSA) is 107 Å². The van der Waals surface area contributed by atoms with Crippen LogP contribution < -0.4 is 0 Å². The zero-order valence-electron chi connectivity index (χ0n) is 15.8. The Morgan fingerprint density at radius 2 is 1.31 bits per heavy atom. The first-order chi connectivity index (χ1) is 13.3. The Balaban J connectivity index is 0.00000300. The average molecular weight is 451 g/mol. The van der Waals surface area contributed by atoms with Gasteiger partial charge in [0, 0.05) is 0 Å². The number of esters is 2. The fourth-order valence-electron chi connectivity index (χ4n) is 3.83. The van der Waals surface area contributed by atoms with Crippen LogP contribution in [0.15, 0.2) is 23.1 Å². The summed E-state index contributed by atoms with van der Waals surface area (Å²) in [4.78, 5) is 24.2. The van der Waals surface area contributed by atoms with Gasteiger partial charge in [-0.1, -0.05) is 12.8 Å². The van der Waals surface area contributed by atoms with Crippen molar-refractivity contribution in [1.29, 1.82) is 0 Å². The summed E-state index contributed by atoms with van der Waals surface area (Å²) in [6.45, 7) is 0. The fraction of sp³-hybridized carbons (Fsp3) is 0.600. The minimum absolute atomic E-state index is 0. The van der Waals surface area contributed by atoms with Crippen molar-refractivity contribution in [3.63, 3.8) is 0 Å². The summed E-state index contributed by atoms with van der Waals surface area (Å²) < 4.78 is 44.0. The van der Waals surface area contributed by atoms with Crippen molar-refractivity contribution in [2.24, 2.45) is 0 Å². The molecule has 2 aliphatic carbocycles. The first-order valence-electron chi connectivity index (χ1n) is 9.88. The fourth-order valence-corrected chi connectivity index (χ4v) is 4.54. The molecule has 2 aliphatic rings. The predicted molar refractivity (Wildman–Crippen MR) is 108 cm³/mol. The monoisotopic (exact) mass is 450 g/mol. The molecule has 0 amide bonds. The van der Waals surface area contributed by atoms with Gasteiger partial charge in [-0.3, -0.25) is 4.55 Å². The molecule has 0 heterocycles. The van der Waals surface area contributed by atoms with Crippen LogP contribution in [-0.4, -0.2) is 88.5 Å². The van der Waals surface area contributed by atoms with Crippen LogP contribution in [-0.2, 0) is 19.6 Å². The standard InChI is InChI=1S/C20H26O7S.K.H/c21-19(26-15-7-3-1-4-8-15)14-11-12-17(18(13-14)28(23,24)25)20(22)27-16-9-5-2-6-10-16;;/h11-13,15-16H,1-10H2,(H,23,24,25);;. The number of ether oxygens (including phenoxy) is 2. The minimum atomic E-state index is -4.72. The summed E-state index contributed by atoms with van der Waals surface area (Å²) in [5, 5.41) is 0. The normalized spacial score (nSPS) is 18.5. The van der Waals surface area contributed by atoms with Crippen LogP contribution in [0.2, 0.25) is 0 Å². The molecule has 1 N–H and O–H groups in total. The second-order valence-electron chi connectivity index (χ2n) is 7.52. The van der Waals surface area contributed by atoms with Crippen LogP contribution in [0, 0.1) is 0 Å². The van der Waals surface area contributed by atoms with Gasteiger partial charge in [-0.2, -0.15) is 8.42 Å². The third-order valence-corrected chi connectivity index (χ3v) is 6.26. The zero-order chi connectivity index (χ0) is 20.1. The molecule has 9 heteroatoms. The van der Waals surface area contributed by atoms with Crippen molar-refractivity contribution >= 4 is 73.4 Å². The molecule has 2 saturated carbocycles. The van der Waals surface area contributed by atoms with Crippen molar-refractivity contribution in [1.82, 2.24) is 0 Å². The molecule has 7 nitrogen and oxygen atoms in total. The van der Waals surface area contributed by atoms with E-state index in [4.69, 9.17) is 9.47 Å². The van der Waals surface area contributed by atoms with Gasteiger partial charge in [0.15, 0.2) is 0 Å². The molecule has 29 heavy (non-hydrogen) atoms. The Kier molecular flexibility index (Phi) is 9.78. The zero-order valence-corrected chi connectivity index (χ0v) is 16.6. The van der Waals surface area contributed by atoms with Gasteiger partial charge < -0.3 is 9.47 Å². The van der Waals surface area contributed by atoms with E-state index in [0.29, 0.717) is 0 Å². The van der Waals surface area contributed by atoms with Gasteiger partial charge in [0.1, 0.15) is 17.1 Å². The van der Waals surface area contributed by atoms with Gasteiger partial charge in [0.05, 0.1) is 11.1 Å². The molecule has 0 spiro atoms. The molecule has 0 atom stereocenters. The van der Waals surface area contributed by atoms with Crippen molar-refractivity contribution in [2.75, 3.05) is 0 Å². The van der Waals surface area contributed by atoms with Crippen LogP contribution in [0.1, 0.15) is 84.9 Å². The molecule has 0 aromatic heterocycles. The van der Waals surface area contributed by atoms with Crippen LogP contribution in [0.3, 0.4) is 0 Å². The SMILES string of the molecule is O=C(OC1CCCCC1)c1ccc(C(=O)OC2CCCCC2)c(S(=O)(=O)O)c1.[KH]. The molecule has 0 saturated heterocycles. The van der Waals surface area contributed by atoms with Gasteiger partial charge in [-0.25, -0.2) is 9.59 Å². The maximum absolute atomic E-state index is 12.5. The summed E-state index contributed by atoms with van der Waals surface area (Å²) in [7, 11) is -4.72. The van der Waals surface area contributed by atoms with Crippen molar-refractivity contribution < 1.29 is 32.0 Å². The number of benzene rings is 1. The van der Waals surface area contributed by atoms with Crippen LogP contribution in [0.4, 0.5) is 0 Å². The molecule has 2 fully saturated rings. The number of carbonyl (C=O) groups is 2. The molecule has 3 rings (SSSR count). The van der Waals surface area contributed by atoms with E-state index in [1.807, 2.05) is 0 Å². The van der Waals surface area contributed by atoms with Crippen molar-refractivity contribution in [3.8, 4) is 0 Å². The molecule has 0 bridgehead atoms. The molecule has 0 aliphatic heterocycles. The Morgan fingerprint density at radius 1 is 0.828 bits per heavy atom. The average Bonchev–Trinajstić information content (AvgIpc) is 2.68. The number of hydrogen-bond donors (Lipinski definition) is 1. The number of carbonyl (C=O) groups excluding carboxylic acids is 2. The Morgan fingerprint density at radius 3 is 1.79 bits per heavy atom. The number of hydrogen-bond acceptors (Lipinski definition) is 6. The first kappa shape index (κ1) is 25.0. The molecule has 156 valence electrons. The number of rotatable bonds is 5. The second-order valence-corrected chi connectivity index (χ2v) is 8.91. The summed E-state index contributed by atoms with van der Waals surface area (Å²) in [5.41, 5.74) is -0.297. The van der Waals surface area contributed by atoms with Gasteiger partial charge in [-0.15, -0.1) is 0 Å². The third-order valence-electron chi connectivity index (χ3n) is 5.37. The summed E-state index contributed by atoms with van der Waals surface area (Å²) in [6.07, 6.45) is 8.66. The molecule has 1 aromatic rings. The van der Waals surface area contributed by atoms with E-state index < -0.39 is 27.0 Å². The van der Waals surface area contributed by atoms with E-state index in [-0.39, 0.29) is 74.7 Å². The van der Waals surface area contributed by atoms with Crippen LogP contribution in [0.25, 0.3) is 0 Å². The van der Waals surface area contributed by atoms with Gasteiger partial charge in [0.25, 0.3) is 10.1 Å². The van der Waals surface area contributed by atoms with Gasteiger partial charge in [0.2, 0.25) is 0 Å². The van der Waals surface area contributed by atoms with Gasteiger partial charge in [-0.05, 0) is 69.6 Å². The summed E-state index contributed by atoms with van der Waals surface area (Å²) in [6, 6.07) is 3.51. The van der Waals surface area contributed by atoms with Crippen molar-refractivity contribution in [3.05, 3.63) is 29.3 Å². The summed E-state index contributed by atoms with van der Waals surface area (Å²) in [5.74, 6) is -1.48. The van der Waals surface area contributed by atoms with Crippen LogP contribution >= 0.6 is 0 Å². The molecular formula is C20H27KO7S. The van der Waals surface area contributed by atoms with E-state index in [1.54, 1.807) is 0 Å². The van der Waals surface area contributed by atoms with Gasteiger partial charge >= 0.3 is 63.3 Å². The quantitative estimate of drug-likeness (QED) is 0.417. The van der Waals surface area contributed by atoms with E-state index in [2.05, 4.69) is 0 Å². The van der Waals surface area contributed by atoms with Crippen LogP contribution in [0.5, 0.6) is 0 Å². The Bertz CT molecular complexity index is 825. The predicted octanol–water partition coefficient (Wildman–Crippen LogP) is 3.26.